The van der Waals surface area contributed by atoms with E-state index in [0.717, 1.165) is 11.1 Å². The Hall–Kier alpha value is -3.63. The van der Waals surface area contributed by atoms with Gasteiger partial charge in [0, 0.05) is 18.7 Å². The van der Waals surface area contributed by atoms with Crippen molar-refractivity contribution in [2.45, 2.75) is 46.3 Å². The molecule has 0 aliphatic carbocycles. The number of anilines is 1. The number of nitrogens with one attached hydrogen (secondary N) is 1. The molecule has 0 bridgehead atoms. The van der Waals surface area contributed by atoms with Crippen molar-refractivity contribution in [1.82, 2.24) is 25.1 Å². The molecule has 3 aromatic rings. The predicted molar refractivity (Wildman–Crippen MR) is 134 cm³/mol. The van der Waals surface area contributed by atoms with Crippen LogP contribution in [0.15, 0.2) is 42.5 Å². The molecule has 1 fully saturated rings. The number of hydrogen-bond acceptors (Lipinski definition) is 8. The number of Topliss-reactive ketones (excluding diaryl/α,β-unsaturated/α-hetero) is 1. The maximum atomic E-state index is 13.8. The Labute approximate surface area is 210 Å². The summed E-state index contributed by atoms with van der Waals surface area (Å²) in [4.78, 5) is 28.5. The van der Waals surface area contributed by atoms with Gasteiger partial charge in [0.1, 0.15) is 11.6 Å². The first-order valence-electron chi connectivity index (χ1n) is 11.9. The molecule has 36 heavy (non-hydrogen) atoms. The average molecular weight is 493 g/mol. The van der Waals surface area contributed by atoms with E-state index in [1.165, 1.54) is 4.68 Å². The normalized spacial score (nSPS) is 15.4. The number of morpholine rings is 1. The Bertz CT molecular complexity index is 1230. The Morgan fingerprint density at radius 2 is 1.72 bits per heavy atom. The lowest BCUT2D eigenvalue weighted by molar-refractivity contribution is 0.0152. The topological polar surface area (TPSA) is 111 Å². The van der Waals surface area contributed by atoms with Crippen LogP contribution in [-0.2, 0) is 9.47 Å². The van der Waals surface area contributed by atoms with Crippen LogP contribution in [0.25, 0.3) is 5.69 Å². The van der Waals surface area contributed by atoms with Crippen LogP contribution in [0.3, 0.4) is 0 Å². The molecule has 0 spiro atoms. The van der Waals surface area contributed by atoms with E-state index in [2.05, 4.69) is 20.8 Å². The third kappa shape index (κ3) is 5.77. The summed E-state index contributed by atoms with van der Waals surface area (Å²) in [5, 5.41) is 15.3. The van der Waals surface area contributed by atoms with Gasteiger partial charge in [0.2, 0.25) is 0 Å². The predicted octanol–water partition coefficient (Wildman–Crippen LogP) is 3.88. The van der Waals surface area contributed by atoms with Crippen LogP contribution in [0.1, 0.15) is 54.1 Å². The van der Waals surface area contributed by atoms with Crippen LogP contribution in [-0.4, -0.2) is 68.9 Å². The second-order valence-corrected chi connectivity index (χ2v) is 9.81. The van der Waals surface area contributed by atoms with Gasteiger partial charge in [0.05, 0.1) is 24.6 Å². The third-order valence-corrected chi connectivity index (χ3v) is 5.93. The van der Waals surface area contributed by atoms with Gasteiger partial charge in [-0.05, 0) is 68.3 Å². The Kier molecular flexibility index (Phi) is 7.46. The highest BCUT2D eigenvalue weighted by Gasteiger charge is 2.35. The van der Waals surface area contributed by atoms with Crippen LogP contribution in [0.5, 0.6) is 0 Å². The summed E-state index contributed by atoms with van der Waals surface area (Å²) in [5.74, 6) is 0.250. The number of rotatable bonds is 6. The first-order chi connectivity index (χ1) is 17.1. The van der Waals surface area contributed by atoms with E-state index in [1.54, 1.807) is 32.9 Å². The SMILES string of the molecule is Cc1cc(NC(=O)OC(C)(C)C)c(-n2nnnc2C(C(=O)c2ccccc2)N2CCOCC2)cc1C. The second-order valence-electron chi connectivity index (χ2n) is 9.81. The molecule has 10 nitrogen and oxygen atoms in total. The molecule has 1 saturated heterocycles. The van der Waals surface area contributed by atoms with Crippen molar-refractivity contribution in [1.29, 1.82) is 0 Å². The van der Waals surface area contributed by atoms with E-state index in [1.807, 2.05) is 49.1 Å². The van der Waals surface area contributed by atoms with Crippen LogP contribution in [0, 0.1) is 13.8 Å². The summed E-state index contributed by atoms with van der Waals surface area (Å²) >= 11 is 0. The van der Waals surface area contributed by atoms with E-state index in [4.69, 9.17) is 9.47 Å². The molecule has 1 unspecified atom stereocenters. The minimum atomic E-state index is -0.734. The fourth-order valence-corrected chi connectivity index (χ4v) is 4.07. The van der Waals surface area contributed by atoms with E-state index >= 15 is 0 Å². The summed E-state index contributed by atoms with van der Waals surface area (Å²) < 4.78 is 12.5. The Morgan fingerprint density at radius 1 is 1.06 bits per heavy atom. The number of ether oxygens (including phenoxy) is 2. The molecule has 1 amide bonds. The minimum absolute atomic E-state index is 0.112. The number of ketones is 1. The molecule has 4 rings (SSSR count). The summed E-state index contributed by atoms with van der Waals surface area (Å²) in [6.45, 7) is 11.5. The summed E-state index contributed by atoms with van der Waals surface area (Å²) in [6.07, 6.45) is -0.591. The van der Waals surface area contributed by atoms with Crippen molar-refractivity contribution >= 4 is 17.6 Å². The van der Waals surface area contributed by atoms with Crippen molar-refractivity contribution in [3.63, 3.8) is 0 Å². The fourth-order valence-electron chi connectivity index (χ4n) is 4.07. The van der Waals surface area contributed by atoms with Gasteiger partial charge in [-0.1, -0.05) is 30.3 Å². The molecule has 190 valence electrons. The van der Waals surface area contributed by atoms with Crippen molar-refractivity contribution in [3.8, 4) is 5.69 Å². The number of benzene rings is 2. The van der Waals surface area contributed by atoms with Gasteiger partial charge < -0.3 is 9.47 Å². The quantitative estimate of drug-likeness (QED) is 0.516. The van der Waals surface area contributed by atoms with Crippen LogP contribution < -0.4 is 5.32 Å². The average Bonchev–Trinajstić information content (AvgIpc) is 3.30. The molecule has 10 heteroatoms. The summed E-state index contributed by atoms with van der Waals surface area (Å²) in [7, 11) is 0. The monoisotopic (exact) mass is 492 g/mol. The van der Waals surface area contributed by atoms with Crippen molar-refractivity contribution in [2.24, 2.45) is 0 Å². The zero-order valence-electron chi connectivity index (χ0n) is 21.3. The fraction of sp³-hybridized carbons (Fsp3) is 0.423. The highest BCUT2D eigenvalue weighted by Crippen LogP contribution is 2.30. The molecular formula is C26H32N6O4. The first kappa shape index (κ1) is 25.5. The van der Waals surface area contributed by atoms with E-state index in [-0.39, 0.29) is 5.78 Å². The van der Waals surface area contributed by atoms with E-state index in [0.29, 0.717) is 49.1 Å². The maximum Gasteiger partial charge on any atom is 0.412 e. The van der Waals surface area contributed by atoms with Crippen molar-refractivity contribution in [3.05, 3.63) is 65.0 Å². The first-order valence-corrected chi connectivity index (χ1v) is 11.9. The summed E-state index contributed by atoms with van der Waals surface area (Å²) in [6, 6.07) is 12.1. The molecule has 2 aromatic carbocycles. The zero-order chi connectivity index (χ0) is 25.9. The lowest BCUT2D eigenvalue weighted by atomic mass is 10.0. The van der Waals surface area contributed by atoms with E-state index in [9.17, 15) is 9.59 Å². The molecule has 1 atom stereocenters. The minimum Gasteiger partial charge on any atom is -0.444 e. The van der Waals surface area contributed by atoms with Gasteiger partial charge in [0.15, 0.2) is 11.6 Å². The molecular weight excluding hydrogens is 460 g/mol. The molecule has 1 aliphatic heterocycles. The molecule has 1 N–H and O–H groups in total. The summed E-state index contributed by atoms with van der Waals surface area (Å²) in [5.41, 5.74) is 2.89. The van der Waals surface area contributed by atoms with Gasteiger partial charge >= 0.3 is 6.09 Å². The number of nitrogens with zero attached hydrogens (tertiary/aromatic N) is 5. The van der Waals surface area contributed by atoms with E-state index < -0.39 is 17.7 Å². The van der Waals surface area contributed by atoms with Crippen molar-refractivity contribution < 1.29 is 19.1 Å². The molecule has 1 aromatic heterocycles. The van der Waals surface area contributed by atoms with Crippen LogP contribution in [0.2, 0.25) is 0 Å². The number of hydrogen-bond donors (Lipinski definition) is 1. The van der Waals surface area contributed by atoms with Crippen LogP contribution in [0.4, 0.5) is 10.5 Å². The number of aromatic nitrogens is 4. The Morgan fingerprint density at radius 3 is 2.39 bits per heavy atom. The zero-order valence-corrected chi connectivity index (χ0v) is 21.3. The smallest absolute Gasteiger partial charge is 0.412 e. The number of tetrazole rings is 1. The highest BCUT2D eigenvalue weighted by molar-refractivity contribution is 6.00. The van der Waals surface area contributed by atoms with Gasteiger partial charge in [-0.25, -0.2) is 4.79 Å². The molecule has 2 heterocycles. The number of carbonyl (C=O) groups excluding carboxylic acids is 2. The second kappa shape index (κ2) is 10.5. The van der Waals surface area contributed by atoms with Crippen molar-refractivity contribution in [2.75, 3.05) is 31.6 Å². The highest BCUT2D eigenvalue weighted by atomic mass is 16.6. The standard InChI is InChI=1S/C26H32N6O4/c1-17-15-20(27-25(34)36-26(3,4)5)21(16-18(17)2)32-24(28-29-30-32)22(31-11-13-35-14-12-31)23(33)19-9-7-6-8-10-19/h6-10,15-16,22H,11-14H2,1-5H3,(H,27,34). The lowest BCUT2D eigenvalue weighted by Crippen LogP contribution is -2.43. The molecule has 0 radical (unpaired) electrons. The third-order valence-electron chi connectivity index (χ3n) is 5.93. The largest absolute Gasteiger partial charge is 0.444 e. The van der Waals surface area contributed by atoms with Gasteiger partial charge in [0.25, 0.3) is 0 Å². The number of carbonyl (C=O) groups is 2. The number of amides is 1. The van der Waals surface area contributed by atoms with Gasteiger partial charge in [-0.3, -0.25) is 15.0 Å². The van der Waals surface area contributed by atoms with Gasteiger partial charge in [-0.15, -0.1) is 5.10 Å². The van der Waals surface area contributed by atoms with Gasteiger partial charge in [-0.2, -0.15) is 4.68 Å². The lowest BCUT2D eigenvalue weighted by Gasteiger charge is -2.32. The maximum absolute atomic E-state index is 13.8. The Balaban J connectivity index is 1.79. The molecule has 1 aliphatic rings. The number of aryl methyl sites for hydroxylation is 2. The van der Waals surface area contributed by atoms with Crippen LogP contribution >= 0.6 is 0 Å². The molecule has 0 saturated carbocycles.